The number of hydrogen-bond acceptors (Lipinski definition) is 10. The molecule has 0 spiro atoms. The molecule has 9 nitrogen and oxygen atoms in total. The number of dihydropyridines is 1. The second kappa shape index (κ2) is 7.26. The third kappa shape index (κ3) is 2.96. The molecule has 1 aromatic heterocycles. The zero-order valence-corrected chi connectivity index (χ0v) is 19.2. The number of thioether (sulfide) groups is 1. The van der Waals surface area contributed by atoms with Crippen LogP contribution in [0.15, 0.2) is 80.3 Å². The molecule has 10 heteroatoms. The van der Waals surface area contributed by atoms with E-state index in [9.17, 15) is 5.21 Å². The van der Waals surface area contributed by atoms with Crippen LogP contribution in [0.1, 0.15) is 5.56 Å². The summed E-state index contributed by atoms with van der Waals surface area (Å²) in [7, 11) is 1.78. The van der Waals surface area contributed by atoms with Crippen molar-refractivity contribution < 1.29 is 5.21 Å². The molecular weight excluding hydrogens is 448 g/mol. The number of aromatic nitrogens is 2. The largest absolute Gasteiger partial charge is 0.359 e. The zero-order valence-electron chi connectivity index (χ0n) is 18.4. The van der Waals surface area contributed by atoms with Gasteiger partial charge in [0.1, 0.15) is 5.82 Å². The topological polar surface area (TPSA) is 115 Å². The van der Waals surface area contributed by atoms with Gasteiger partial charge >= 0.3 is 0 Å². The molecule has 0 amide bonds. The van der Waals surface area contributed by atoms with Gasteiger partial charge in [-0.2, -0.15) is 0 Å². The third-order valence-electron chi connectivity index (χ3n) is 7.02. The average molecular weight is 471 g/mol. The highest BCUT2D eigenvalue weighted by Gasteiger charge is 2.54. The number of aliphatic imine (C=N–C) groups is 2. The highest BCUT2D eigenvalue weighted by atomic mass is 32.2. The van der Waals surface area contributed by atoms with Crippen LogP contribution in [0.5, 0.6) is 0 Å². The number of nitrogens with one attached hydrogen (secondary N) is 1. The van der Waals surface area contributed by atoms with Crippen molar-refractivity contribution in [2.75, 3.05) is 25.0 Å². The van der Waals surface area contributed by atoms with Gasteiger partial charge in [0.25, 0.3) is 0 Å². The van der Waals surface area contributed by atoms with E-state index in [4.69, 9.17) is 20.7 Å². The van der Waals surface area contributed by atoms with Gasteiger partial charge in [-0.1, -0.05) is 12.2 Å². The molecule has 34 heavy (non-hydrogen) atoms. The molecule has 4 N–H and O–H groups in total. The van der Waals surface area contributed by atoms with E-state index < -0.39 is 0 Å². The lowest BCUT2D eigenvalue weighted by atomic mass is 9.96. The minimum Gasteiger partial charge on any atom is -0.359 e. The van der Waals surface area contributed by atoms with Crippen LogP contribution in [0.4, 0.5) is 11.6 Å². The first kappa shape index (κ1) is 20.0. The van der Waals surface area contributed by atoms with Crippen LogP contribution in [0.25, 0.3) is 5.57 Å². The van der Waals surface area contributed by atoms with Crippen LogP contribution in [0.2, 0.25) is 0 Å². The Morgan fingerprint density at radius 2 is 2.06 bits per heavy atom. The summed E-state index contributed by atoms with van der Waals surface area (Å²) in [5.41, 5.74) is 11.4. The number of hydroxylamine groups is 2. The first-order valence-corrected chi connectivity index (χ1v) is 12.0. The standard InChI is InChI=1S/C24H22N8OS/c1-26-17-5-2-4-13-19-22(28-21(13)17)29-24(30-23(19)31-10-14-15(11-31)20(14)25)34-12-8-18-16(27-9-12)6-3-7-32(18)33/h2-9,14-15,20,27,33H,10-11,25H2,1H3/t14-,15+,20?. The first-order valence-electron chi connectivity index (χ1n) is 11.2. The van der Waals surface area contributed by atoms with Crippen LogP contribution < -0.4 is 16.0 Å². The number of fused-ring (bicyclic) bond motifs is 5. The van der Waals surface area contributed by atoms with Gasteiger partial charge in [-0.3, -0.25) is 10.2 Å². The highest BCUT2D eigenvalue weighted by Crippen LogP contribution is 2.49. The van der Waals surface area contributed by atoms with Crippen molar-refractivity contribution in [2.45, 2.75) is 11.2 Å². The second-order valence-electron chi connectivity index (χ2n) is 8.94. The summed E-state index contributed by atoms with van der Waals surface area (Å²) >= 11 is 1.44. The maximum absolute atomic E-state index is 10.2. The van der Waals surface area contributed by atoms with Crippen molar-refractivity contribution in [3.8, 4) is 0 Å². The lowest BCUT2D eigenvalue weighted by Crippen LogP contribution is -2.30. The quantitative estimate of drug-likeness (QED) is 0.456. The molecule has 1 saturated carbocycles. The number of allylic oxidation sites excluding steroid dienone is 7. The molecule has 0 radical (unpaired) electrons. The number of nitrogens with zero attached hydrogens (tertiary/aromatic N) is 6. The van der Waals surface area contributed by atoms with Crippen LogP contribution in [0, 0.1) is 11.8 Å². The summed E-state index contributed by atoms with van der Waals surface area (Å²) in [6.07, 6.45) is 15.1. The molecule has 6 aliphatic rings. The Morgan fingerprint density at radius 1 is 1.21 bits per heavy atom. The summed E-state index contributed by atoms with van der Waals surface area (Å²) in [6.45, 7) is 1.81. The monoisotopic (exact) mass is 470 g/mol. The Hall–Kier alpha value is -3.47. The summed E-state index contributed by atoms with van der Waals surface area (Å²) in [5, 5.41) is 15.1. The fraction of sp³-hybridized carbons (Fsp3) is 0.250. The Bertz CT molecular complexity index is 1370. The van der Waals surface area contributed by atoms with Crippen molar-refractivity contribution >= 4 is 40.4 Å². The molecule has 1 aromatic rings. The van der Waals surface area contributed by atoms with Gasteiger partial charge in [0, 0.05) is 49.1 Å². The number of rotatable bonds is 3. The predicted octanol–water partition coefficient (Wildman–Crippen LogP) is 2.50. The molecule has 2 aliphatic carbocycles. The van der Waals surface area contributed by atoms with Crippen molar-refractivity contribution in [2.24, 2.45) is 27.6 Å². The van der Waals surface area contributed by atoms with E-state index in [0.717, 1.165) is 57.1 Å². The van der Waals surface area contributed by atoms with Gasteiger partial charge in [0.2, 0.25) is 0 Å². The Morgan fingerprint density at radius 3 is 2.88 bits per heavy atom. The minimum atomic E-state index is 0.306. The fourth-order valence-corrected chi connectivity index (χ4v) is 5.93. The summed E-state index contributed by atoms with van der Waals surface area (Å²) in [5.74, 6) is 2.65. The number of nitrogens with two attached hydrogens (primary N) is 1. The van der Waals surface area contributed by atoms with Gasteiger partial charge in [0.15, 0.2) is 11.0 Å². The summed E-state index contributed by atoms with van der Waals surface area (Å²) in [4.78, 5) is 22.3. The SMILES string of the molecule is CN=C1C=CC=C2C1=Nc1nc(SC3=CNC4=CC=CN(O)C4=C3)nc(N3C[C@@H]4C(N)[C@@H]4C3)c12. The van der Waals surface area contributed by atoms with Crippen molar-refractivity contribution in [1.82, 2.24) is 20.3 Å². The molecule has 7 rings (SSSR count). The van der Waals surface area contributed by atoms with Crippen molar-refractivity contribution in [3.63, 3.8) is 0 Å². The fourth-order valence-electron chi connectivity index (χ4n) is 5.16. The molecule has 0 aromatic carbocycles. The molecular formula is C24H22N8OS. The summed E-state index contributed by atoms with van der Waals surface area (Å²) < 4.78 is 0. The predicted molar refractivity (Wildman–Crippen MR) is 133 cm³/mol. The first-order chi connectivity index (χ1) is 16.6. The van der Waals surface area contributed by atoms with Crippen LogP contribution >= 0.6 is 11.8 Å². The van der Waals surface area contributed by atoms with E-state index in [1.54, 1.807) is 19.3 Å². The number of hydrogen-bond donors (Lipinski definition) is 3. The molecule has 5 heterocycles. The lowest BCUT2D eigenvalue weighted by molar-refractivity contribution is -0.00288. The van der Waals surface area contributed by atoms with Crippen LogP contribution in [-0.2, 0) is 0 Å². The molecule has 2 fully saturated rings. The number of anilines is 1. The van der Waals surface area contributed by atoms with E-state index in [1.807, 2.05) is 30.5 Å². The Kier molecular flexibility index (Phi) is 4.26. The maximum Gasteiger partial charge on any atom is 0.196 e. The molecule has 4 aliphatic heterocycles. The second-order valence-corrected chi connectivity index (χ2v) is 9.98. The minimum absolute atomic E-state index is 0.306. The molecule has 0 bridgehead atoms. The van der Waals surface area contributed by atoms with E-state index in [2.05, 4.69) is 21.3 Å². The van der Waals surface area contributed by atoms with E-state index in [1.165, 1.54) is 11.8 Å². The normalized spacial score (nSPS) is 28.9. The van der Waals surface area contributed by atoms with Gasteiger partial charge in [-0.15, -0.1) is 0 Å². The van der Waals surface area contributed by atoms with Crippen molar-refractivity contribution in [3.05, 3.63) is 70.7 Å². The maximum atomic E-state index is 10.2. The molecule has 3 atom stereocenters. The van der Waals surface area contributed by atoms with Crippen LogP contribution in [0.3, 0.4) is 0 Å². The highest BCUT2D eigenvalue weighted by molar-refractivity contribution is 8.03. The lowest BCUT2D eigenvalue weighted by Gasteiger charge is -2.26. The molecule has 1 unspecified atom stereocenters. The van der Waals surface area contributed by atoms with Gasteiger partial charge in [-0.25, -0.2) is 20.0 Å². The zero-order chi connectivity index (χ0) is 23.0. The van der Waals surface area contributed by atoms with E-state index >= 15 is 0 Å². The Labute approximate surface area is 200 Å². The third-order valence-corrected chi connectivity index (χ3v) is 7.86. The summed E-state index contributed by atoms with van der Waals surface area (Å²) in [6, 6.07) is 0.306. The van der Waals surface area contributed by atoms with Gasteiger partial charge in [0.05, 0.1) is 28.4 Å². The molecule has 170 valence electrons. The smallest absolute Gasteiger partial charge is 0.196 e. The average Bonchev–Trinajstić information content (AvgIpc) is 3.20. The number of piperidine rings is 1. The van der Waals surface area contributed by atoms with Gasteiger partial charge < -0.3 is 16.0 Å². The van der Waals surface area contributed by atoms with Gasteiger partial charge in [-0.05, 0) is 47.9 Å². The van der Waals surface area contributed by atoms with Crippen molar-refractivity contribution in [1.29, 1.82) is 0 Å². The Balaban J connectivity index is 1.28. The molecule has 1 saturated heterocycles. The van der Waals surface area contributed by atoms with E-state index in [0.29, 0.717) is 34.5 Å². The van der Waals surface area contributed by atoms with E-state index in [-0.39, 0.29) is 0 Å². The van der Waals surface area contributed by atoms with Crippen LogP contribution in [-0.4, -0.2) is 57.8 Å².